The Bertz CT molecular complexity index is 965. The monoisotopic (exact) mass is 464 g/mol. The Balaban J connectivity index is 1.38. The lowest BCUT2D eigenvalue weighted by atomic mass is 9.89. The quantitative estimate of drug-likeness (QED) is 0.631. The van der Waals surface area contributed by atoms with Crippen LogP contribution in [0, 0.1) is 6.92 Å². The second-order valence-corrected chi connectivity index (χ2v) is 9.33. The molecule has 4 rings (SSSR count). The van der Waals surface area contributed by atoms with Crippen LogP contribution < -0.4 is 0 Å². The summed E-state index contributed by atoms with van der Waals surface area (Å²) < 4.78 is 5.18. The molecule has 2 saturated heterocycles. The summed E-state index contributed by atoms with van der Waals surface area (Å²) in [5.41, 5.74) is 3.61. The van der Waals surface area contributed by atoms with Gasteiger partial charge in [0.1, 0.15) is 0 Å². The van der Waals surface area contributed by atoms with Crippen molar-refractivity contribution in [1.29, 1.82) is 0 Å². The number of likely N-dealkylation sites (tertiary alicyclic amines) is 1. The molecular weight excluding hydrogens is 428 g/mol. The van der Waals surface area contributed by atoms with Crippen molar-refractivity contribution in [2.45, 2.75) is 32.1 Å². The maximum absolute atomic E-state index is 13.4. The van der Waals surface area contributed by atoms with E-state index in [1.165, 1.54) is 0 Å². The first-order valence-electron chi connectivity index (χ1n) is 12.3. The molecule has 1 aromatic carbocycles. The van der Waals surface area contributed by atoms with E-state index in [0.29, 0.717) is 26.1 Å². The first-order valence-corrected chi connectivity index (χ1v) is 12.3. The Hall–Kier alpha value is -2.77. The summed E-state index contributed by atoms with van der Waals surface area (Å²) in [6.07, 6.45) is 2.11. The summed E-state index contributed by atoms with van der Waals surface area (Å²) >= 11 is 0. The fourth-order valence-corrected chi connectivity index (χ4v) is 4.92. The molecule has 2 aliphatic rings. The van der Waals surface area contributed by atoms with Gasteiger partial charge in [0.2, 0.25) is 5.91 Å². The fourth-order valence-electron chi connectivity index (χ4n) is 4.92. The molecule has 0 atom stereocenters. The number of carbonyl (C=O) groups is 2. The minimum Gasteiger partial charge on any atom is -0.383 e. The Labute approximate surface area is 202 Å². The number of hydrogen-bond donors (Lipinski definition) is 0. The molecule has 0 aliphatic carbocycles. The molecule has 34 heavy (non-hydrogen) atoms. The molecule has 7 heteroatoms. The number of methoxy groups -OCH3 is 1. The highest BCUT2D eigenvalue weighted by atomic mass is 16.5. The third kappa shape index (κ3) is 6.02. The minimum atomic E-state index is 0.0801. The maximum Gasteiger partial charge on any atom is 0.255 e. The molecule has 0 saturated carbocycles. The number of ether oxygens (including phenoxy) is 1. The molecule has 0 N–H and O–H groups in total. The van der Waals surface area contributed by atoms with E-state index in [9.17, 15) is 9.59 Å². The van der Waals surface area contributed by atoms with Crippen LogP contribution in [0.15, 0.2) is 42.5 Å². The number of piperidine rings is 1. The van der Waals surface area contributed by atoms with Crippen molar-refractivity contribution in [3.05, 3.63) is 65.0 Å². The van der Waals surface area contributed by atoms with Gasteiger partial charge in [0.05, 0.1) is 24.3 Å². The number of piperazine rings is 1. The lowest BCUT2D eigenvalue weighted by Crippen LogP contribution is -2.49. The highest BCUT2D eigenvalue weighted by molar-refractivity contribution is 5.95. The largest absolute Gasteiger partial charge is 0.383 e. The molecule has 1 aromatic heterocycles. The molecular formula is C27H36N4O3. The van der Waals surface area contributed by atoms with Crippen LogP contribution in [0.1, 0.15) is 46.1 Å². The second kappa shape index (κ2) is 11.6. The lowest BCUT2D eigenvalue weighted by molar-refractivity contribution is -0.131. The van der Waals surface area contributed by atoms with Crippen LogP contribution in [0.2, 0.25) is 0 Å². The van der Waals surface area contributed by atoms with E-state index in [0.717, 1.165) is 68.1 Å². The van der Waals surface area contributed by atoms with Gasteiger partial charge in [-0.15, -0.1) is 0 Å². The van der Waals surface area contributed by atoms with E-state index in [1.807, 2.05) is 59.2 Å². The zero-order chi connectivity index (χ0) is 23.9. The molecule has 0 unspecified atom stereocenters. The van der Waals surface area contributed by atoms with E-state index in [1.54, 1.807) is 7.11 Å². The van der Waals surface area contributed by atoms with Gasteiger partial charge in [0, 0.05) is 64.5 Å². The maximum atomic E-state index is 13.4. The first-order chi connectivity index (χ1) is 16.5. The number of amides is 2. The van der Waals surface area contributed by atoms with Gasteiger partial charge >= 0.3 is 0 Å². The number of pyridine rings is 1. The van der Waals surface area contributed by atoms with E-state index in [-0.39, 0.29) is 17.7 Å². The number of aromatic nitrogens is 1. The number of benzene rings is 1. The van der Waals surface area contributed by atoms with Crippen molar-refractivity contribution in [2.75, 3.05) is 59.5 Å². The summed E-state index contributed by atoms with van der Waals surface area (Å²) in [7, 11) is 1.72. The summed E-state index contributed by atoms with van der Waals surface area (Å²) in [5.74, 6) is 0.448. The summed E-state index contributed by atoms with van der Waals surface area (Å²) in [6, 6.07) is 13.8. The lowest BCUT2D eigenvalue weighted by Gasteiger charge is -2.36. The Morgan fingerprint density at radius 2 is 1.65 bits per heavy atom. The van der Waals surface area contributed by atoms with Crippen LogP contribution in [-0.4, -0.2) is 91.0 Å². The van der Waals surface area contributed by atoms with E-state index in [2.05, 4.69) is 4.90 Å². The Morgan fingerprint density at radius 1 is 0.941 bits per heavy atom. The average Bonchev–Trinajstić information content (AvgIpc) is 2.88. The minimum absolute atomic E-state index is 0.0801. The topological polar surface area (TPSA) is 66.0 Å². The van der Waals surface area contributed by atoms with Gasteiger partial charge in [-0.2, -0.15) is 0 Å². The van der Waals surface area contributed by atoms with Crippen LogP contribution >= 0.6 is 0 Å². The first kappa shape index (κ1) is 24.4. The number of hydrogen-bond acceptors (Lipinski definition) is 5. The van der Waals surface area contributed by atoms with Crippen molar-refractivity contribution >= 4 is 11.8 Å². The van der Waals surface area contributed by atoms with Gasteiger partial charge in [0.15, 0.2) is 0 Å². The van der Waals surface area contributed by atoms with Crippen molar-refractivity contribution < 1.29 is 14.3 Å². The van der Waals surface area contributed by atoms with Crippen LogP contribution in [0.3, 0.4) is 0 Å². The normalized spacial score (nSPS) is 17.7. The Kier molecular flexibility index (Phi) is 8.29. The molecule has 182 valence electrons. The standard InChI is InChI=1S/C27H36N4O3/c1-21-8-9-24(27(33)31-16-14-29(15-17-31)18-19-34-2)26(28-21)23-10-12-30(13-11-23)25(32)20-22-6-4-3-5-7-22/h3-9,23H,10-20H2,1-2H3. The van der Waals surface area contributed by atoms with Gasteiger partial charge < -0.3 is 14.5 Å². The number of rotatable bonds is 7. The smallest absolute Gasteiger partial charge is 0.255 e. The van der Waals surface area contributed by atoms with Crippen molar-refractivity contribution in [1.82, 2.24) is 19.7 Å². The number of nitrogens with zero attached hydrogens (tertiary/aromatic N) is 4. The SMILES string of the molecule is COCCN1CCN(C(=O)c2ccc(C)nc2C2CCN(C(=O)Cc3ccccc3)CC2)CC1. The zero-order valence-electron chi connectivity index (χ0n) is 20.4. The molecule has 2 aromatic rings. The van der Waals surface area contributed by atoms with E-state index >= 15 is 0 Å². The fraction of sp³-hybridized carbons (Fsp3) is 0.519. The highest BCUT2D eigenvalue weighted by Gasteiger charge is 2.30. The van der Waals surface area contributed by atoms with Gasteiger partial charge in [-0.1, -0.05) is 30.3 Å². The summed E-state index contributed by atoms with van der Waals surface area (Å²) in [6.45, 7) is 8.19. The second-order valence-electron chi connectivity index (χ2n) is 9.33. The molecule has 7 nitrogen and oxygen atoms in total. The molecule has 0 radical (unpaired) electrons. The van der Waals surface area contributed by atoms with Crippen LogP contribution in [0.4, 0.5) is 0 Å². The summed E-state index contributed by atoms with van der Waals surface area (Å²) in [4.78, 5) is 37.3. The molecule has 3 heterocycles. The van der Waals surface area contributed by atoms with Crippen molar-refractivity contribution in [2.24, 2.45) is 0 Å². The molecule has 0 spiro atoms. The third-order valence-electron chi connectivity index (χ3n) is 7.00. The number of aryl methyl sites for hydroxylation is 1. The average molecular weight is 465 g/mol. The molecule has 2 amide bonds. The molecule has 0 bridgehead atoms. The third-order valence-corrected chi connectivity index (χ3v) is 7.00. The van der Waals surface area contributed by atoms with Gasteiger partial charge in [-0.25, -0.2) is 0 Å². The van der Waals surface area contributed by atoms with E-state index in [4.69, 9.17) is 9.72 Å². The van der Waals surface area contributed by atoms with Gasteiger partial charge in [0.25, 0.3) is 5.91 Å². The predicted molar refractivity (Wildman–Crippen MR) is 132 cm³/mol. The molecule has 2 aliphatic heterocycles. The predicted octanol–water partition coefficient (Wildman–Crippen LogP) is 2.74. The Morgan fingerprint density at radius 3 is 2.32 bits per heavy atom. The van der Waals surface area contributed by atoms with Gasteiger partial charge in [-0.3, -0.25) is 19.5 Å². The van der Waals surface area contributed by atoms with Crippen molar-refractivity contribution in [3.8, 4) is 0 Å². The summed E-state index contributed by atoms with van der Waals surface area (Å²) in [5, 5.41) is 0. The highest BCUT2D eigenvalue weighted by Crippen LogP contribution is 2.30. The molecule has 2 fully saturated rings. The van der Waals surface area contributed by atoms with Crippen molar-refractivity contribution in [3.63, 3.8) is 0 Å². The van der Waals surface area contributed by atoms with E-state index < -0.39 is 0 Å². The van der Waals surface area contributed by atoms with Gasteiger partial charge in [-0.05, 0) is 37.5 Å². The van der Waals surface area contributed by atoms with Crippen LogP contribution in [0.5, 0.6) is 0 Å². The van der Waals surface area contributed by atoms with Crippen LogP contribution in [-0.2, 0) is 16.0 Å². The zero-order valence-corrected chi connectivity index (χ0v) is 20.4. The van der Waals surface area contributed by atoms with Crippen LogP contribution in [0.25, 0.3) is 0 Å². The number of carbonyl (C=O) groups excluding carboxylic acids is 2.